The molecule has 3 heteroatoms. The van der Waals surface area contributed by atoms with Gasteiger partial charge in [0, 0.05) is 19.1 Å². The van der Waals surface area contributed by atoms with Crippen molar-refractivity contribution in [1.82, 2.24) is 0 Å². The molecule has 0 aliphatic carbocycles. The van der Waals surface area contributed by atoms with E-state index in [0.717, 1.165) is 19.1 Å². The second kappa shape index (κ2) is 3.68. The molecule has 3 nitrogen and oxygen atoms in total. The second-order valence-corrected chi connectivity index (χ2v) is 2.65. The first-order valence-electron chi connectivity index (χ1n) is 3.63. The second-order valence-electron chi connectivity index (χ2n) is 2.65. The van der Waals surface area contributed by atoms with Crippen LogP contribution in [0.1, 0.15) is 12.8 Å². The molecule has 0 amide bonds. The Morgan fingerprint density at radius 1 is 1.70 bits per heavy atom. The first-order valence-corrected chi connectivity index (χ1v) is 3.63. The molecule has 0 saturated carbocycles. The standard InChI is InChI=1S/C7H13NO2/c8-4-7-3-6(5-9)1-2-10-7/h5-7H,1-4,8H2. The lowest BCUT2D eigenvalue weighted by Gasteiger charge is -2.24. The minimum Gasteiger partial charge on any atom is -0.377 e. The van der Waals surface area contributed by atoms with Crippen molar-refractivity contribution in [3.05, 3.63) is 0 Å². The van der Waals surface area contributed by atoms with E-state index in [9.17, 15) is 4.79 Å². The molecular weight excluding hydrogens is 130 g/mol. The molecule has 0 aromatic heterocycles. The molecule has 58 valence electrons. The topological polar surface area (TPSA) is 52.3 Å². The molecule has 0 aromatic rings. The highest BCUT2D eigenvalue weighted by molar-refractivity contribution is 5.53. The fourth-order valence-electron chi connectivity index (χ4n) is 1.20. The summed E-state index contributed by atoms with van der Waals surface area (Å²) < 4.78 is 5.28. The van der Waals surface area contributed by atoms with Crippen LogP contribution in [0.5, 0.6) is 0 Å². The summed E-state index contributed by atoms with van der Waals surface area (Å²) in [5, 5.41) is 0. The zero-order valence-corrected chi connectivity index (χ0v) is 5.95. The van der Waals surface area contributed by atoms with Crippen molar-refractivity contribution in [2.45, 2.75) is 18.9 Å². The Kier molecular flexibility index (Phi) is 2.83. The Balaban J connectivity index is 2.31. The van der Waals surface area contributed by atoms with Crippen LogP contribution < -0.4 is 5.73 Å². The average Bonchev–Trinajstić information content (AvgIpc) is 2.05. The molecule has 1 aliphatic rings. The van der Waals surface area contributed by atoms with Gasteiger partial charge < -0.3 is 15.3 Å². The lowest BCUT2D eigenvalue weighted by atomic mass is 9.97. The minimum absolute atomic E-state index is 0.115. The quantitative estimate of drug-likeness (QED) is 0.551. The van der Waals surface area contributed by atoms with E-state index in [0.29, 0.717) is 13.2 Å². The van der Waals surface area contributed by atoms with E-state index in [1.165, 1.54) is 0 Å². The van der Waals surface area contributed by atoms with Crippen LogP contribution in [-0.4, -0.2) is 25.5 Å². The summed E-state index contributed by atoms with van der Waals surface area (Å²) in [6.07, 6.45) is 2.79. The van der Waals surface area contributed by atoms with E-state index in [1.54, 1.807) is 0 Å². The van der Waals surface area contributed by atoms with Gasteiger partial charge in [0.15, 0.2) is 0 Å². The van der Waals surface area contributed by atoms with Crippen LogP contribution in [0, 0.1) is 5.92 Å². The maximum Gasteiger partial charge on any atom is 0.123 e. The summed E-state index contributed by atoms with van der Waals surface area (Å²) in [6, 6.07) is 0. The van der Waals surface area contributed by atoms with Crippen molar-refractivity contribution in [3.63, 3.8) is 0 Å². The first-order chi connectivity index (χ1) is 4.86. The number of aldehydes is 1. The maximum absolute atomic E-state index is 10.3. The summed E-state index contributed by atoms with van der Waals surface area (Å²) in [5.74, 6) is 0.183. The normalized spacial score (nSPS) is 33.7. The number of carbonyl (C=O) groups excluding carboxylic acids is 1. The highest BCUT2D eigenvalue weighted by Gasteiger charge is 2.20. The Bertz CT molecular complexity index is 116. The van der Waals surface area contributed by atoms with Gasteiger partial charge in [0.25, 0.3) is 0 Å². The highest BCUT2D eigenvalue weighted by Crippen LogP contribution is 2.16. The van der Waals surface area contributed by atoms with E-state index in [-0.39, 0.29) is 12.0 Å². The van der Waals surface area contributed by atoms with E-state index >= 15 is 0 Å². The van der Waals surface area contributed by atoms with Crippen LogP contribution in [0.25, 0.3) is 0 Å². The highest BCUT2D eigenvalue weighted by atomic mass is 16.5. The summed E-state index contributed by atoms with van der Waals surface area (Å²) in [4.78, 5) is 10.3. The van der Waals surface area contributed by atoms with Crippen molar-refractivity contribution in [3.8, 4) is 0 Å². The Labute approximate surface area is 60.5 Å². The van der Waals surface area contributed by atoms with Crippen molar-refractivity contribution < 1.29 is 9.53 Å². The monoisotopic (exact) mass is 143 g/mol. The zero-order valence-electron chi connectivity index (χ0n) is 5.95. The van der Waals surface area contributed by atoms with Crippen molar-refractivity contribution >= 4 is 6.29 Å². The van der Waals surface area contributed by atoms with Crippen LogP contribution in [0.15, 0.2) is 0 Å². The predicted octanol–water partition coefficient (Wildman–Crippen LogP) is -0.0608. The summed E-state index contributed by atoms with van der Waals surface area (Å²) in [5.41, 5.74) is 5.38. The average molecular weight is 143 g/mol. The van der Waals surface area contributed by atoms with Crippen molar-refractivity contribution in [2.24, 2.45) is 11.7 Å². The Morgan fingerprint density at radius 3 is 3.10 bits per heavy atom. The molecule has 0 spiro atoms. The van der Waals surface area contributed by atoms with Crippen LogP contribution in [-0.2, 0) is 9.53 Å². The molecule has 0 radical (unpaired) electrons. The van der Waals surface area contributed by atoms with Gasteiger partial charge >= 0.3 is 0 Å². The third-order valence-corrected chi connectivity index (χ3v) is 1.86. The molecule has 0 aromatic carbocycles. The molecule has 1 aliphatic heterocycles. The molecule has 1 fully saturated rings. The van der Waals surface area contributed by atoms with E-state index < -0.39 is 0 Å². The Hall–Kier alpha value is -0.410. The largest absolute Gasteiger partial charge is 0.377 e. The summed E-state index contributed by atoms with van der Waals surface area (Å²) in [6.45, 7) is 1.22. The number of nitrogens with two attached hydrogens (primary N) is 1. The van der Waals surface area contributed by atoms with Crippen molar-refractivity contribution in [2.75, 3.05) is 13.2 Å². The third-order valence-electron chi connectivity index (χ3n) is 1.86. The third kappa shape index (κ3) is 1.78. The van der Waals surface area contributed by atoms with Gasteiger partial charge in [-0.25, -0.2) is 0 Å². The maximum atomic E-state index is 10.3. The molecule has 2 atom stereocenters. The SMILES string of the molecule is NCC1CC(C=O)CCO1. The van der Waals surface area contributed by atoms with E-state index in [1.807, 2.05) is 0 Å². The summed E-state index contributed by atoms with van der Waals surface area (Å²) >= 11 is 0. The number of hydrogen-bond donors (Lipinski definition) is 1. The van der Waals surface area contributed by atoms with E-state index in [4.69, 9.17) is 10.5 Å². The van der Waals surface area contributed by atoms with Crippen molar-refractivity contribution in [1.29, 1.82) is 0 Å². The molecule has 2 unspecified atom stereocenters. The van der Waals surface area contributed by atoms with E-state index in [2.05, 4.69) is 0 Å². The first kappa shape index (κ1) is 7.69. The number of hydrogen-bond acceptors (Lipinski definition) is 3. The van der Waals surface area contributed by atoms with Gasteiger partial charge in [0.05, 0.1) is 6.10 Å². The predicted molar refractivity (Wildman–Crippen MR) is 37.6 cm³/mol. The molecule has 1 rings (SSSR count). The lowest BCUT2D eigenvalue weighted by Crippen LogP contribution is -2.32. The fourth-order valence-corrected chi connectivity index (χ4v) is 1.20. The molecule has 2 N–H and O–H groups in total. The number of ether oxygens (including phenoxy) is 1. The van der Waals surface area contributed by atoms with Crippen LogP contribution >= 0.6 is 0 Å². The van der Waals surface area contributed by atoms with Gasteiger partial charge in [-0.15, -0.1) is 0 Å². The van der Waals surface area contributed by atoms with Crippen LogP contribution in [0.2, 0.25) is 0 Å². The summed E-state index contributed by atoms with van der Waals surface area (Å²) in [7, 11) is 0. The molecule has 10 heavy (non-hydrogen) atoms. The molecule has 1 heterocycles. The van der Waals surface area contributed by atoms with Crippen LogP contribution in [0.4, 0.5) is 0 Å². The minimum atomic E-state index is 0.115. The van der Waals surface area contributed by atoms with Crippen LogP contribution in [0.3, 0.4) is 0 Å². The van der Waals surface area contributed by atoms with Gasteiger partial charge in [-0.3, -0.25) is 0 Å². The fraction of sp³-hybridized carbons (Fsp3) is 0.857. The lowest BCUT2D eigenvalue weighted by molar-refractivity contribution is -0.115. The number of carbonyl (C=O) groups is 1. The van der Waals surface area contributed by atoms with Gasteiger partial charge in [0.2, 0.25) is 0 Å². The molecule has 1 saturated heterocycles. The van der Waals surface area contributed by atoms with Gasteiger partial charge in [0.1, 0.15) is 6.29 Å². The zero-order chi connectivity index (χ0) is 7.40. The van der Waals surface area contributed by atoms with Gasteiger partial charge in [-0.05, 0) is 12.8 Å². The molecule has 0 bridgehead atoms. The Morgan fingerprint density at radius 2 is 2.50 bits per heavy atom. The van der Waals surface area contributed by atoms with Gasteiger partial charge in [-0.1, -0.05) is 0 Å². The smallest absolute Gasteiger partial charge is 0.123 e. The number of rotatable bonds is 2. The molecular formula is C7H13NO2. The van der Waals surface area contributed by atoms with Gasteiger partial charge in [-0.2, -0.15) is 0 Å².